The number of hydrogen-bond acceptors (Lipinski definition) is 3. The van der Waals surface area contributed by atoms with Crippen molar-refractivity contribution < 1.29 is 9.59 Å². The topological polar surface area (TPSA) is 70.2 Å². The molecule has 2 atom stereocenters. The molecule has 2 fully saturated rings. The zero-order valence-corrected chi connectivity index (χ0v) is 14.5. The van der Waals surface area contributed by atoms with E-state index in [1.165, 1.54) is 0 Å². The van der Waals surface area contributed by atoms with Crippen molar-refractivity contribution in [2.24, 2.45) is 17.3 Å². The summed E-state index contributed by atoms with van der Waals surface area (Å²) >= 11 is 0. The van der Waals surface area contributed by atoms with Crippen molar-refractivity contribution in [3.63, 3.8) is 0 Å². The first-order valence-electron chi connectivity index (χ1n) is 8.87. The van der Waals surface area contributed by atoms with Gasteiger partial charge in [-0.1, -0.05) is 19.9 Å². The van der Waals surface area contributed by atoms with Gasteiger partial charge in [-0.3, -0.25) is 9.59 Å². The second kappa shape index (κ2) is 6.93. The number of carbonyl (C=O) groups is 2. The summed E-state index contributed by atoms with van der Waals surface area (Å²) in [6, 6.07) is 7.18. The molecule has 1 aromatic carbocycles. The lowest BCUT2D eigenvalue weighted by molar-refractivity contribution is -0.117. The van der Waals surface area contributed by atoms with Gasteiger partial charge in [-0.15, -0.1) is 0 Å². The van der Waals surface area contributed by atoms with E-state index in [1.54, 1.807) is 12.1 Å². The van der Waals surface area contributed by atoms with Crippen molar-refractivity contribution in [1.29, 1.82) is 0 Å². The Hall–Kier alpha value is -1.88. The Morgan fingerprint density at radius 1 is 1.29 bits per heavy atom. The molecular formula is C19H27N3O2. The SMILES string of the molecule is CC1CC1C(=O)Nc1cccc(C(=O)NCC2(C)CCNCC2)c1. The van der Waals surface area contributed by atoms with Crippen molar-refractivity contribution in [3.8, 4) is 0 Å². The molecule has 3 rings (SSSR count). The van der Waals surface area contributed by atoms with Gasteiger partial charge in [0.2, 0.25) is 5.91 Å². The number of nitrogens with one attached hydrogen (secondary N) is 3. The molecule has 1 aliphatic heterocycles. The largest absolute Gasteiger partial charge is 0.351 e. The van der Waals surface area contributed by atoms with Gasteiger partial charge in [-0.05, 0) is 61.9 Å². The summed E-state index contributed by atoms with van der Waals surface area (Å²) in [6.45, 7) is 7.00. The summed E-state index contributed by atoms with van der Waals surface area (Å²) in [5.41, 5.74) is 1.45. The highest BCUT2D eigenvalue weighted by Crippen LogP contribution is 2.38. The van der Waals surface area contributed by atoms with Gasteiger partial charge in [0.25, 0.3) is 5.91 Å². The molecule has 0 spiro atoms. The Kier molecular flexibility index (Phi) is 4.90. The molecule has 1 aromatic rings. The van der Waals surface area contributed by atoms with Gasteiger partial charge in [-0.2, -0.15) is 0 Å². The normalized spacial score (nSPS) is 24.9. The van der Waals surface area contributed by atoms with Crippen molar-refractivity contribution in [2.75, 3.05) is 25.0 Å². The van der Waals surface area contributed by atoms with E-state index in [9.17, 15) is 9.59 Å². The minimum absolute atomic E-state index is 0.0577. The Balaban J connectivity index is 1.56. The Bertz CT molecular complexity index is 623. The maximum atomic E-state index is 12.4. The summed E-state index contributed by atoms with van der Waals surface area (Å²) in [6.07, 6.45) is 3.10. The van der Waals surface area contributed by atoms with Gasteiger partial charge >= 0.3 is 0 Å². The van der Waals surface area contributed by atoms with Gasteiger partial charge < -0.3 is 16.0 Å². The van der Waals surface area contributed by atoms with E-state index in [-0.39, 0.29) is 23.1 Å². The van der Waals surface area contributed by atoms with Gasteiger partial charge in [0.1, 0.15) is 0 Å². The summed E-state index contributed by atoms with van der Waals surface area (Å²) in [4.78, 5) is 24.4. The van der Waals surface area contributed by atoms with E-state index in [1.807, 2.05) is 12.1 Å². The van der Waals surface area contributed by atoms with Crippen LogP contribution in [-0.2, 0) is 4.79 Å². The maximum absolute atomic E-state index is 12.4. The molecule has 1 aliphatic carbocycles. The maximum Gasteiger partial charge on any atom is 0.251 e. The fraction of sp³-hybridized carbons (Fsp3) is 0.579. The van der Waals surface area contributed by atoms with Gasteiger partial charge in [0, 0.05) is 23.7 Å². The molecule has 2 aliphatic rings. The van der Waals surface area contributed by atoms with Crippen LogP contribution in [0.25, 0.3) is 0 Å². The van der Waals surface area contributed by atoms with Crippen LogP contribution in [0.4, 0.5) is 5.69 Å². The zero-order valence-electron chi connectivity index (χ0n) is 14.5. The second-order valence-corrected chi connectivity index (χ2v) is 7.63. The predicted octanol–water partition coefficient (Wildman–Crippen LogP) is 2.40. The van der Waals surface area contributed by atoms with E-state index in [0.29, 0.717) is 23.7 Å². The molecule has 0 bridgehead atoms. The van der Waals surface area contributed by atoms with E-state index in [2.05, 4.69) is 29.8 Å². The third kappa shape index (κ3) is 4.15. The fourth-order valence-electron chi connectivity index (χ4n) is 3.26. The minimum atomic E-state index is -0.0781. The van der Waals surface area contributed by atoms with Crippen LogP contribution in [0.3, 0.4) is 0 Å². The van der Waals surface area contributed by atoms with E-state index in [0.717, 1.165) is 32.4 Å². The average molecular weight is 329 g/mol. The number of rotatable bonds is 5. The van der Waals surface area contributed by atoms with Crippen LogP contribution < -0.4 is 16.0 Å². The van der Waals surface area contributed by atoms with Crippen molar-refractivity contribution >= 4 is 17.5 Å². The highest BCUT2D eigenvalue weighted by Gasteiger charge is 2.39. The molecule has 3 N–H and O–H groups in total. The molecule has 1 saturated carbocycles. The lowest BCUT2D eigenvalue weighted by atomic mass is 9.81. The first-order valence-corrected chi connectivity index (χ1v) is 8.87. The smallest absolute Gasteiger partial charge is 0.251 e. The molecule has 1 heterocycles. The molecular weight excluding hydrogens is 302 g/mol. The molecule has 2 amide bonds. The third-order valence-corrected chi connectivity index (χ3v) is 5.32. The fourth-order valence-corrected chi connectivity index (χ4v) is 3.26. The quantitative estimate of drug-likeness (QED) is 0.777. The standard InChI is InChI=1S/C19H27N3O2/c1-13-10-16(13)18(24)22-15-5-3-4-14(11-15)17(23)21-12-19(2)6-8-20-9-7-19/h3-5,11,13,16,20H,6-10,12H2,1-2H3,(H,21,23)(H,22,24). The van der Waals surface area contributed by atoms with Crippen LogP contribution in [-0.4, -0.2) is 31.4 Å². The predicted molar refractivity (Wildman–Crippen MR) is 94.9 cm³/mol. The average Bonchev–Trinajstić information content (AvgIpc) is 3.31. The Labute approximate surface area is 143 Å². The first kappa shape index (κ1) is 17.0. The number of piperidine rings is 1. The van der Waals surface area contributed by atoms with Crippen LogP contribution in [0.2, 0.25) is 0 Å². The highest BCUT2D eigenvalue weighted by atomic mass is 16.2. The second-order valence-electron chi connectivity index (χ2n) is 7.63. The highest BCUT2D eigenvalue weighted by molar-refractivity contribution is 5.98. The molecule has 130 valence electrons. The summed E-state index contributed by atoms with van der Waals surface area (Å²) in [5.74, 6) is 0.581. The number of benzene rings is 1. The molecule has 5 nitrogen and oxygen atoms in total. The summed E-state index contributed by atoms with van der Waals surface area (Å²) in [7, 11) is 0. The van der Waals surface area contributed by atoms with Gasteiger partial charge in [0.05, 0.1) is 0 Å². The molecule has 1 saturated heterocycles. The van der Waals surface area contributed by atoms with Crippen LogP contribution >= 0.6 is 0 Å². The Morgan fingerprint density at radius 3 is 2.67 bits per heavy atom. The minimum Gasteiger partial charge on any atom is -0.351 e. The van der Waals surface area contributed by atoms with Gasteiger partial charge in [0.15, 0.2) is 0 Å². The van der Waals surface area contributed by atoms with E-state index in [4.69, 9.17) is 0 Å². The van der Waals surface area contributed by atoms with Crippen LogP contribution in [0, 0.1) is 17.3 Å². The Morgan fingerprint density at radius 2 is 2.00 bits per heavy atom. The van der Waals surface area contributed by atoms with Crippen molar-refractivity contribution in [1.82, 2.24) is 10.6 Å². The number of hydrogen-bond donors (Lipinski definition) is 3. The molecule has 24 heavy (non-hydrogen) atoms. The summed E-state index contributed by atoms with van der Waals surface area (Å²) in [5, 5.41) is 9.32. The molecule has 0 aromatic heterocycles. The van der Waals surface area contributed by atoms with Crippen LogP contribution in [0.1, 0.15) is 43.5 Å². The van der Waals surface area contributed by atoms with Gasteiger partial charge in [-0.25, -0.2) is 0 Å². The van der Waals surface area contributed by atoms with Crippen molar-refractivity contribution in [2.45, 2.75) is 33.1 Å². The lowest BCUT2D eigenvalue weighted by Crippen LogP contribution is -2.42. The molecule has 5 heteroatoms. The number of amides is 2. The van der Waals surface area contributed by atoms with E-state index >= 15 is 0 Å². The number of carbonyl (C=O) groups excluding carboxylic acids is 2. The molecule has 2 unspecified atom stereocenters. The van der Waals surface area contributed by atoms with Crippen LogP contribution in [0.15, 0.2) is 24.3 Å². The lowest BCUT2D eigenvalue weighted by Gasteiger charge is -2.34. The molecule has 0 radical (unpaired) electrons. The third-order valence-electron chi connectivity index (χ3n) is 5.32. The van der Waals surface area contributed by atoms with Crippen molar-refractivity contribution in [3.05, 3.63) is 29.8 Å². The summed E-state index contributed by atoms with van der Waals surface area (Å²) < 4.78 is 0. The number of anilines is 1. The monoisotopic (exact) mass is 329 g/mol. The van der Waals surface area contributed by atoms with Crippen LogP contribution in [0.5, 0.6) is 0 Å². The zero-order chi connectivity index (χ0) is 17.2. The van der Waals surface area contributed by atoms with E-state index < -0.39 is 0 Å². The first-order chi connectivity index (χ1) is 11.5.